The van der Waals surface area contributed by atoms with Crippen molar-refractivity contribution in [2.24, 2.45) is 0 Å². The van der Waals surface area contributed by atoms with E-state index in [1.807, 2.05) is 48.5 Å². The minimum atomic E-state index is -0.271. The van der Waals surface area contributed by atoms with E-state index in [4.69, 9.17) is 4.74 Å². The second-order valence-electron chi connectivity index (χ2n) is 7.12. The molecule has 0 atom stereocenters. The van der Waals surface area contributed by atoms with Gasteiger partial charge in [0.2, 0.25) is 5.91 Å². The zero-order valence-electron chi connectivity index (χ0n) is 16.7. The van der Waals surface area contributed by atoms with Crippen LogP contribution in [0.5, 0.6) is 5.75 Å². The highest BCUT2D eigenvalue weighted by molar-refractivity contribution is 5.91. The van der Waals surface area contributed by atoms with Gasteiger partial charge in [-0.25, -0.2) is 4.39 Å². The first-order chi connectivity index (χ1) is 14.7. The summed E-state index contributed by atoms with van der Waals surface area (Å²) < 4.78 is 18.7. The van der Waals surface area contributed by atoms with Crippen LogP contribution in [-0.4, -0.2) is 18.0 Å². The third-order valence-electron chi connectivity index (χ3n) is 5.22. The number of carbonyl (C=O) groups is 1. The Kier molecular flexibility index (Phi) is 5.80. The summed E-state index contributed by atoms with van der Waals surface area (Å²) in [6.07, 6.45) is 0.930. The standard InChI is InChI=1S/C25H23FN2O2/c1-30-23-9-5-2-6-18(23)16-27-24(29)15-14-21-20-7-3-4-8-22(20)28-25(21)17-10-12-19(26)13-11-17/h2-13,28H,14-16H2,1H3,(H,27,29). The second-order valence-corrected chi connectivity index (χ2v) is 7.12. The fourth-order valence-corrected chi connectivity index (χ4v) is 3.69. The van der Waals surface area contributed by atoms with Crippen molar-refractivity contribution < 1.29 is 13.9 Å². The van der Waals surface area contributed by atoms with Gasteiger partial charge in [0, 0.05) is 35.1 Å². The number of hydrogen-bond acceptors (Lipinski definition) is 2. The number of benzene rings is 3. The molecule has 0 radical (unpaired) electrons. The molecule has 4 rings (SSSR count). The van der Waals surface area contributed by atoms with Gasteiger partial charge in [0.05, 0.1) is 7.11 Å². The van der Waals surface area contributed by atoms with Crippen molar-refractivity contribution in [1.29, 1.82) is 0 Å². The first kappa shape index (κ1) is 19.7. The van der Waals surface area contributed by atoms with Crippen LogP contribution >= 0.6 is 0 Å². The molecule has 4 aromatic rings. The number of methoxy groups -OCH3 is 1. The van der Waals surface area contributed by atoms with Gasteiger partial charge in [-0.2, -0.15) is 0 Å². The summed E-state index contributed by atoms with van der Waals surface area (Å²) in [6.45, 7) is 0.418. The normalized spacial score (nSPS) is 10.9. The Bertz CT molecular complexity index is 1170. The van der Waals surface area contributed by atoms with Gasteiger partial charge in [0.25, 0.3) is 0 Å². The lowest BCUT2D eigenvalue weighted by molar-refractivity contribution is -0.121. The number of nitrogens with one attached hydrogen (secondary N) is 2. The molecule has 0 aliphatic rings. The van der Waals surface area contributed by atoms with Gasteiger partial charge in [0.1, 0.15) is 11.6 Å². The number of aromatic nitrogens is 1. The molecule has 1 heterocycles. The van der Waals surface area contributed by atoms with Crippen LogP contribution in [0.4, 0.5) is 4.39 Å². The minimum absolute atomic E-state index is 0.0313. The van der Waals surface area contributed by atoms with Crippen LogP contribution in [0.2, 0.25) is 0 Å². The molecule has 30 heavy (non-hydrogen) atoms. The maximum absolute atomic E-state index is 13.4. The predicted molar refractivity (Wildman–Crippen MR) is 117 cm³/mol. The van der Waals surface area contributed by atoms with E-state index in [9.17, 15) is 9.18 Å². The van der Waals surface area contributed by atoms with Crippen LogP contribution in [0.3, 0.4) is 0 Å². The molecular weight excluding hydrogens is 379 g/mol. The van der Waals surface area contributed by atoms with Crippen molar-refractivity contribution >= 4 is 16.8 Å². The number of halogens is 1. The number of amides is 1. The third kappa shape index (κ3) is 4.20. The molecule has 152 valence electrons. The summed E-state index contributed by atoms with van der Waals surface area (Å²) in [7, 11) is 1.62. The maximum Gasteiger partial charge on any atom is 0.220 e. The molecule has 0 spiro atoms. The Morgan fingerprint density at radius 2 is 1.73 bits per heavy atom. The molecule has 0 unspecified atom stereocenters. The summed E-state index contributed by atoms with van der Waals surface area (Å²) in [5.41, 5.74) is 4.82. The van der Waals surface area contributed by atoms with Gasteiger partial charge in [-0.3, -0.25) is 4.79 Å². The molecule has 0 fully saturated rings. The van der Waals surface area contributed by atoms with Crippen LogP contribution in [0.1, 0.15) is 17.5 Å². The largest absolute Gasteiger partial charge is 0.496 e. The van der Waals surface area contributed by atoms with Gasteiger partial charge in [-0.05, 0) is 53.9 Å². The Balaban J connectivity index is 1.51. The van der Waals surface area contributed by atoms with E-state index < -0.39 is 0 Å². The summed E-state index contributed by atoms with van der Waals surface area (Å²) in [4.78, 5) is 16.0. The van der Waals surface area contributed by atoms with E-state index in [-0.39, 0.29) is 11.7 Å². The average Bonchev–Trinajstić information content (AvgIpc) is 3.15. The first-order valence-electron chi connectivity index (χ1n) is 9.90. The SMILES string of the molecule is COc1ccccc1CNC(=O)CCc1c(-c2ccc(F)cc2)[nH]c2ccccc12. The second kappa shape index (κ2) is 8.82. The number of fused-ring (bicyclic) bond motifs is 1. The smallest absolute Gasteiger partial charge is 0.220 e. The van der Waals surface area contributed by atoms with E-state index in [0.29, 0.717) is 19.4 Å². The number of aryl methyl sites for hydroxylation is 1. The third-order valence-corrected chi connectivity index (χ3v) is 5.22. The van der Waals surface area contributed by atoms with Gasteiger partial charge in [0.15, 0.2) is 0 Å². The molecule has 0 aliphatic carbocycles. The maximum atomic E-state index is 13.4. The molecular formula is C25H23FN2O2. The van der Waals surface area contributed by atoms with Crippen molar-refractivity contribution in [2.75, 3.05) is 7.11 Å². The molecule has 4 nitrogen and oxygen atoms in total. The van der Waals surface area contributed by atoms with Crippen LogP contribution in [0.25, 0.3) is 22.2 Å². The lowest BCUT2D eigenvalue weighted by atomic mass is 10.0. The topological polar surface area (TPSA) is 54.1 Å². The van der Waals surface area contributed by atoms with Gasteiger partial charge in [-0.15, -0.1) is 0 Å². The van der Waals surface area contributed by atoms with E-state index in [0.717, 1.165) is 39.0 Å². The average molecular weight is 402 g/mol. The van der Waals surface area contributed by atoms with Crippen molar-refractivity contribution in [3.63, 3.8) is 0 Å². The quantitative estimate of drug-likeness (QED) is 0.445. The highest BCUT2D eigenvalue weighted by atomic mass is 19.1. The van der Waals surface area contributed by atoms with E-state index in [1.54, 1.807) is 19.2 Å². The fraction of sp³-hybridized carbons (Fsp3) is 0.160. The van der Waals surface area contributed by atoms with Crippen molar-refractivity contribution in [1.82, 2.24) is 10.3 Å². The minimum Gasteiger partial charge on any atom is -0.496 e. The molecule has 1 amide bonds. The Labute approximate surface area is 174 Å². The zero-order chi connectivity index (χ0) is 20.9. The van der Waals surface area contributed by atoms with Crippen LogP contribution in [-0.2, 0) is 17.8 Å². The van der Waals surface area contributed by atoms with Gasteiger partial charge >= 0.3 is 0 Å². The van der Waals surface area contributed by atoms with Crippen LogP contribution in [0.15, 0.2) is 72.8 Å². The van der Waals surface area contributed by atoms with E-state index >= 15 is 0 Å². The summed E-state index contributed by atoms with van der Waals surface area (Å²) in [5.74, 6) is 0.455. The van der Waals surface area contributed by atoms with Crippen LogP contribution < -0.4 is 10.1 Å². The fourth-order valence-electron chi connectivity index (χ4n) is 3.69. The molecule has 2 N–H and O–H groups in total. The van der Waals surface area contributed by atoms with E-state index in [1.165, 1.54) is 12.1 Å². The van der Waals surface area contributed by atoms with Gasteiger partial charge < -0.3 is 15.0 Å². The zero-order valence-corrected chi connectivity index (χ0v) is 16.7. The number of ether oxygens (including phenoxy) is 1. The number of aromatic amines is 1. The summed E-state index contributed by atoms with van der Waals surface area (Å²) >= 11 is 0. The molecule has 1 aromatic heterocycles. The van der Waals surface area contributed by atoms with E-state index in [2.05, 4.69) is 10.3 Å². The van der Waals surface area contributed by atoms with Crippen LogP contribution in [0, 0.1) is 5.82 Å². The highest BCUT2D eigenvalue weighted by Crippen LogP contribution is 2.31. The number of carbonyl (C=O) groups excluding carboxylic acids is 1. The Morgan fingerprint density at radius 3 is 2.53 bits per heavy atom. The number of rotatable bonds is 7. The lowest BCUT2D eigenvalue weighted by Gasteiger charge is -2.10. The van der Waals surface area contributed by atoms with Crippen molar-refractivity contribution in [3.05, 3.63) is 89.7 Å². The molecule has 0 bridgehead atoms. The molecule has 3 aromatic carbocycles. The lowest BCUT2D eigenvalue weighted by Crippen LogP contribution is -2.23. The monoisotopic (exact) mass is 402 g/mol. The molecule has 0 saturated heterocycles. The number of para-hydroxylation sites is 2. The predicted octanol–water partition coefficient (Wildman–Crippen LogP) is 5.23. The highest BCUT2D eigenvalue weighted by Gasteiger charge is 2.15. The van der Waals surface area contributed by atoms with Crippen molar-refractivity contribution in [3.8, 4) is 17.0 Å². The number of H-pyrrole nitrogens is 1. The summed E-state index contributed by atoms with van der Waals surface area (Å²) in [6, 6.07) is 22.0. The summed E-state index contributed by atoms with van der Waals surface area (Å²) in [5, 5.41) is 4.05. The molecule has 0 saturated carbocycles. The Hall–Kier alpha value is -3.60. The van der Waals surface area contributed by atoms with Gasteiger partial charge in [-0.1, -0.05) is 36.4 Å². The van der Waals surface area contributed by atoms with Crippen molar-refractivity contribution in [2.45, 2.75) is 19.4 Å². The first-order valence-corrected chi connectivity index (χ1v) is 9.90. The molecule has 0 aliphatic heterocycles. The Morgan fingerprint density at radius 1 is 1.00 bits per heavy atom. The molecule has 5 heteroatoms. The number of hydrogen-bond donors (Lipinski definition) is 2.